The van der Waals surface area contributed by atoms with Crippen LogP contribution in [-0.4, -0.2) is 93.3 Å². The quantitative estimate of drug-likeness (QED) is 0.0420. The second-order valence-electron chi connectivity index (χ2n) is 29.1. The Kier molecular flexibility index (Phi) is 27.9. The summed E-state index contributed by atoms with van der Waals surface area (Å²) in [4.78, 5) is 59.3. The fraction of sp³-hybridized carbons (Fsp3) is 0.253. The summed E-state index contributed by atoms with van der Waals surface area (Å²) < 4.78 is 28.2. The molecule has 0 spiro atoms. The summed E-state index contributed by atoms with van der Waals surface area (Å²) in [5.41, 5.74) is 58.6. The molecule has 3 aliphatic rings. The minimum Gasteiger partial charge on any atom is -0.390 e. The third-order valence-electron chi connectivity index (χ3n) is 20.5. The van der Waals surface area contributed by atoms with E-state index in [1.54, 1.807) is 61.2 Å². The third kappa shape index (κ3) is 21.7. The first-order valence-corrected chi connectivity index (χ1v) is 41.4. The van der Waals surface area contributed by atoms with Crippen LogP contribution in [0.4, 0.5) is 41.5 Å². The molecule has 2 saturated carbocycles. The van der Waals surface area contributed by atoms with Crippen LogP contribution in [0.1, 0.15) is 134 Å². The van der Waals surface area contributed by atoms with E-state index in [-0.39, 0.29) is 29.3 Å². The number of nitrogen functional groups attached to an aromatic ring is 6. The Morgan fingerprint density at radius 2 is 1.02 bits per heavy atom. The van der Waals surface area contributed by atoms with Crippen molar-refractivity contribution in [2.24, 2.45) is 5.92 Å². The van der Waals surface area contributed by atoms with Crippen molar-refractivity contribution in [1.82, 2.24) is 73.7 Å². The number of halogens is 1. The number of para-hydroxylation sites is 1. The number of aromatic nitrogens is 15. The molecule has 14 aromatic rings. The van der Waals surface area contributed by atoms with Gasteiger partial charge in [-0.3, -0.25) is 9.97 Å². The molecular weight excluding hydrogens is 1520 g/mol. The van der Waals surface area contributed by atoms with Gasteiger partial charge in [-0.05, 0) is 193 Å². The zero-order valence-electron chi connectivity index (χ0n) is 67.6. The van der Waals surface area contributed by atoms with Gasteiger partial charge in [-0.25, -0.2) is 67.2 Å². The number of nitrogens with zero attached hydrogens (tertiary/aromatic N) is 15. The molecule has 604 valence electrons. The minimum atomic E-state index is -3.78. The van der Waals surface area contributed by atoms with E-state index in [1.165, 1.54) is 57.5 Å². The standard InChI is InChI=1S/C23H23N5O2S.C17H21N3.C15H15N3.C13H15N3.C12H14N4O.C11H11ClN4/c1-15-9-11-17(12-10-15)31(29,30)28-14-19(18-7-2-3-8-21(18)28)20-13-22(27-23(24)26-20)25-16-5-4-6-16;1-11-5-3-8-15(12(11)2)16-10-14(19-17(18)20-16)9-13-6-4-7-13;1-2-13-9-14(18-15(16)17-13)12-7-6-10-4-3-5-11(10)8-12;1-3-11-8-12(16-13(14)15-11)10-6-4-5-9(2)7-10;1-2-9-5-11(16-12(13)15-9)8-3-4-10(7-17)14-6-8;1-2-7-5-10(16-11(13)15-7)8-3-4-14-6-9(8)12/h2-3,7-14,16H,4-6H2,1H3,(H3,24,25,26,27);3,5,8,10,13H,4,6-7,9H2,1-2H3,(H2,18,19,20);3,5-9H,2,4H2,1H3,(H2,16,17,18);4-8H,3H2,1-2H3,(H2,14,15,16);3-6,17H,2,7H2,1H3,(H2,13,15,16);3-6H,2H2,1H3,(H2,13,15,16). The number of nitrogens with one attached hydrogen (secondary N) is 1. The number of anilines is 7. The molecule has 9 heterocycles. The third-order valence-corrected chi connectivity index (χ3v) is 22.5. The number of hydrogen-bond acceptors (Lipinski definition) is 24. The van der Waals surface area contributed by atoms with Crippen LogP contribution in [0.3, 0.4) is 0 Å². The van der Waals surface area contributed by atoms with Crippen molar-refractivity contribution < 1.29 is 13.5 Å². The number of aliphatic hydroxyl groups is 1. The van der Waals surface area contributed by atoms with E-state index < -0.39 is 10.0 Å². The Hall–Kier alpha value is -13.0. The van der Waals surface area contributed by atoms with Gasteiger partial charge in [0, 0.05) is 104 Å². The second-order valence-corrected chi connectivity index (χ2v) is 31.3. The average molecular weight is 1620 g/mol. The van der Waals surface area contributed by atoms with Crippen LogP contribution in [0.25, 0.3) is 84.5 Å². The zero-order valence-corrected chi connectivity index (χ0v) is 69.2. The SMILES string of the molecule is CCc1cc(-c2ccc(CO)nc2)nc(N)n1.CCc1cc(-c2ccc3c(c2)C=CC3)nc(N)n1.CCc1cc(-c2cccc(C)c2)nc(N)n1.CCc1cc(-c2ccncc2Cl)nc(N)n1.Cc1ccc(S(=O)(=O)n2cc(-c3cc(NC4CCC4)nc(N)n3)c3ccccc32)cc1.Cc1cccc(-c2cc(CC3CCC3)nc(N)n2)c1C. The van der Waals surface area contributed by atoms with E-state index in [1.807, 2.05) is 93.6 Å². The molecule has 0 atom stereocenters. The Morgan fingerprint density at radius 3 is 1.58 bits per heavy atom. The number of nitrogens with two attached hydrogens (primary N) is 6. The second kappa shape index (κ2) is 39.1. The number of pyridine rings is 2. The molecule has 0 amide bonds. The molecule has 2 fully saturated rings. The van der Waals surface area contributed by atoms with Gasteiger partial charge in [-0.2, -0.15) is 4.98 Å². The molecular formula is C91H99ClN22O3S. The summed E-state index contributed by atoms with van der Waals surface area (Å²) in [5, 5.41) is 13.6. The lowest BCUT2D eigenvalue weighted by Gasteiger charge is -2.27. The number of rotatable bonds is 17. The Bertz CT molecular complexity index is 6000. The highest BCUT2D eigenvalue weighted by molar-refractivity contribution is 7.90. The molecule has 9 aromatic heterocycles. The van der Waals surface area contributed by atoms with Crippen molar-refractivity contribution in [3.05, 3.63) is 267 Å². The number of allylic oxidation sites excluding steroid dienone is 1. The molecule has 17 rings (SSSR count). The molecule has 0 bridgehead atoms. The normalized spacial score (nSPS) is 12.6. The van der Waals surface area contributed by atoms with E-state index in [0.717, 1.165) is 153 Å². The highest BCUT2D eigenvalue weighted by atomic mass is 35.5. The number of aliphatic hydroxyl groups excluding tert-OH is 1. The zero-order chi connectivity index (χ0) is 83.6. The maximum Gasteiger partial charge on any atom is 0.268 e. The summed E-state index contributed by atoms with van der Waals surface area (Å²) in [6, 6.07) is 52.7. The molecule has 25 nitrogen and oxygen atoms in total. The largest absolute Gasteiger partial charge is 0.390 e. The van der Waals surface area contributed by atoms with Crippen molar-refractivity contribution in [3.63, 3.8) is 0 Å². The molecule has 0 radical (unpaired) electrons. The lowest BCUT2D eigenvalue weighted by Crippen LogP contribution is -2.27. The molecule has 27 heteroatoms. The van der Waals surface area contributed by atoms with Crippen LogP contribution >= 0.6 is 11.6 Å². The summed E-state index contributed by atoms with van der Waals surface area (Å²) in [7, 11) is -3.78. The minimum absolute atomic E-state index is 0.0631. The van der Waals surface area contributed by atoms with Gasteiger partial charge in [0.2, 0.25) is 35.7 Å². The van der Waals surface area contributed by atoms with E-state index in [0.29, 0.717) is 57.2 Å². The monoisotopic (exact) mass is 1610 g/mol. The molecule has 5 aromatic carbocycles. The Balaban J connectivity index is 0.000000133. The van der Waals surface area contributed by atoms with Gasteiger partial charge in [0.15, 0.2) is 0 Å². The fourth-order valence-electron chi connectivity index (χ4n) is 13.4. The fourth-order valence-corrected chi connectivity index (χ4v) is 15.0. The Labute approximate surface area is 693 Å². The maximum absolute atomic E-state index is 13.4. The summed E-state index contributed by atoms with van der Waals surface area (Å²) >= 11 is 6.04. The van der Waals surface area contributed by atoms with Crippen molar-refractivity contribution in [2.75, 3.05) is 39.7 Å². The lowest BCUT2D eigenvalue weighted by atomic mass is 9.82. The van der Waals surface area contributed by atoms with E-state index in [4.69, 9.17) is 51.1 Å². The van der Waals surface area contributed by atoms with Crippen molar-refractivity contribution in [1.29, 1.82) is 0 Å². The highest BCUT2D eigenvalue weighted by Crippen LogP contribution is 2.37. The predicted octanol–water partition coefficient (Wildman–Crippen LogP) is 16.8. The first kappa shape index (κ1) is 84.4. The molecule has 3 aliphatic carbocycles. The molecule has 14 N–H and O–H groups in total. The summed E-state index contributed by atoms with van der Waals surface area (Å²) in [6.07, 6.45) is 23.7. The van der Waals surface area contributed by atoms with Crippen LogP contribution in [0.5, 0.6) is 0 Å². The van der Waals surface area contributed by atoms with Gasteiger partial charge in [0.05, 0.1) is 61.9 Å². The van der Waals surface area contributed by atoms with Crippen LogP contribution in [0, 0.1) is 33.6 Å². The van der Waals surface area contributed by atoms with Crippen LogP contribution in [-0.2, 0) is 55.2 Å². The predicted molar refractivity (Wildman–Crippen MR) is 474 cm³/mol. The topological polar surface area (TPSA) is 408 Å². The van der Waals surface area contributed by atoms with Crippen LogP contribution < -0.4 is 39.7 Å². The van der Waals surface area contributed by atoms with Gasteiger partial charge in [-0.15, -0.1) is 0 Å². The van der Waals surface area contributed by atoms with Gasteiger partial charge in [0.1, 0.15) is 5.82 Å². The number of hydrogen-bond donors (Lipinski definition) is 8. The first-order valence-electron chi connectivity index (χ1n) is 39.5. The van der Waals surface area contributed by atoms with Gasteiger partial charge < -0.3 is 44.8 Å². The maximum atomic E-state index is 13.4. The lowest BCUT2D eigenvalue weighted by molar-refractivity contribution is 0.277. The first-order chi connectivity index (χ1) is 56.9. The van der Waals surface area contributed by atoms with Crippen molar-refractivity contribution >= 4 is 80.1 Å². The average Bonchev–Trinajstić information content (AvgIpc) is 1.60. The van der Waals surface area contributed by atoms with Crippen molar-refractivity contribution in [2.45, 2.75) is 150 Å². The molecule has 0 aliphatic heterocycles. The molecule has 0 unspecified atom stereocenters. The van der Waals surface area contributed by atoms with E-state index in [2.05, 4.69) is 176 Å². The number of fused-ring (bicyclic) bond motifs is 2. The smallest absolute Gasteiger partial charge is 0.268 e. The number of benzene rings is 5. The number of aryl methyl sites for hydroxylation is 7. The summed E-state index contributed by atoms with van der Waals surface area (Å²) in [5.74, 6) is 3.21. The molecule has 118 heavy (non-hydrogen) atoms. The summed E-state index contributed by atoms with van der Waals surface area (Å²) in [6.45, 7) is 16.3. The van der Waals surface area contributed by atoms with Gasteiger partial charge in [0.25, 0.3) is 10.0 Å². The van der Waals surface area contributed by atoms with Crippen LogP contribution in [0.15, 0.2) is 200 Å². The van der Waals surface area contributed by atoms with Crippen LogP contribution in [0.2, 0.25) is 5.02 Å². The molecule has 0 saturated heterocycles. The highest BCUT2D eigenvalue weighted by Gasteiger charge is 2.25. The van der Waals surface area contributed by atoms with Gasteiger partial charge in [-0.1, -0.05) is 161 Å². The Morgan fingerprint density at radius 1 is 0.483 bits per heavy atom. The van der Waals surface area contributed by atoms with E-state index in [9.17, 15) is 8.42 Å². The van der Waals surface area contributed by atoms with E-state index >= 15 is 0 Å². The van der Waals surface area contributed by atoms with Crippen molar-refractivity contribution in [3.8, 4) is 67.5 Å². The van der Waals surface area contributed by atoms with Gasteiger partial charge >= 0.3 is 0 Å².